The Labute approximate surface area is 133 Å². The van der Waals surface area contributed by atoms with E-state index in [1.54, 1.807) is 0 Å². The molecule has 1 N–H and O–H groups in total. The highest BCUT2D eigenvalue weighted by Crippen LogP contribution is 2.25. The molecule has 8 heteroatoms. The van der Waals surface area contributed by atoms with Crippen LogP contribution in [0.15, 0.2) is 39.0 Å². The summed E-state index contributed by atoms with van der Waals surface area (Å²) in [6.45, 7) is 0.213. The molecule has 0 fully saturated rings. The molecule has 0 bridgehead atoms. The number of nitrogens with one attached hydrogen (secondary N) is 1. The number of sulfonamides is 1. The number of hydrogen-bond acceptors (Lipinski definition) is 3. The van der Waals surface area contributed by atoms with Crippen molar-refractivity contribution in [2.75, 3.05) is 0 Å². The van der Waals surface area contributed by atoms with Gasteiger partial charge in [-0.05, 0) is 45.6 Å². The van der Waals surface area contributed by atoms with Crippen LogP contribution in [0, 0.1) is 0 Å². The van der Waals surface area contributed by atoms with Crippen molar-refractivity contribution in [1.82, 2.24) is 4.72 Å². The van der Waals surface area contributed by atoms with Gasteiger partial charge in [0.25, 0.3) is 0 Å². The number of halogens is 3. The molecule has 1 heterocycles. The van der Waals surface area contributed by atoms with E-state index in [9.17, 15) is 8.42 Å². The topological polar surface area (TPSA) is 46.2 Å². The molecule has 0 atom stereocenters. The lowest BCUT2D eigenvalue weighted by Gasteiger charge is -2.07. The first-order chi connectivity index (χ1) is 8.88. The van der Waals surface area contributed by atoms with Crippen LogP contribution in [0.1, 0.15) is 4.88 Å². The summed E-state index contributed by atoms with van der Waals surface area (Å²) in [5.74, 6) is 0. The molecule has 0 aliphatic rings. The Kier molecular flexibility index (Phi) is 4.92. The summed E-state index contributed by atoms with van der Waals surface area (Å²) in [5, 5.41) is 2.44. The molecule has 0 aliphatic heterocycles. The zero-order chi connectivity index (χ0) is 14.0. The van der Waals surface area contributed by atoms with Crippen LogP contribution >= 0.6 is 50.5 Å². The fraction of sp³-hybridized carbons (Fsp3) is 0.0909. The summed E-state index contributed by atoms with van der Waals surface area (Å²) in [5.41, 5.74) is 0. The average molecular weight is 401 g/mol. The fourth-order valence-electron chi connectivity index (χ4n) is 1.38. The Hall–Kier alpha value is -0.110. The zero-order valence-electron chi connectivity index (χ0n) is 9.36. The van der Waals surface area contributed by atoms with Crippen LogP contribution in [0.25, 0.3) is 0 Å². The van der Waals surface area contributed by atoms with Gasteiger partial charge in [0.1, 0.15) is 0 Å². The van der Waals surface area contributed by atoms with Crippen LogP contribution < -0.4 is 4.72 Å². The minimum Gasteiger partial charge on any atom is -0.207 e. The normalized spacial score (nSPS) is 11.7. The van der Waals surface area contributed by atoms with Crippen molar-refractivity contribution in [1.29, 1.82) is 0 Å². The van der Waals surface area contributed by atoms with Gasteiger partial charge in [-0.3, -0.25) is 0 Å². The summed E-state index contributed by atoms with van der Waals surface area (Å²) in [6.07, 6.45) is 0. The van der Waals surface area contributed by atoms with E-state index < -0.39 is 10.0 Å². The molecule has 0 spiro atoms. The second-order valence-electron chi connectivity index (χ2n) is 3.62. The number of thiophene rings is 1. The molecular formula is C11H8BrCl2NO2S2. The van der Waals surface area contributed by atoms with Crippen LogP contribution in [0.5, 0.6) is 0 Å². The predicted octanol–water partition coefficient (Wildman–Crippen LogP) is 4.30. The second kappa shape index (κ2) is 6.11. The van der Waals surface area contributed by atoms with Gasteiger partial charge >= 0.3 is 0 Å². The summed E-state index contributed by atoms with van der Waals surface area (Å²) in [7, 11) is -3.63. The third-order valence-electron chi connectivity index (χ3n) is 2.26. The molecule has 1 aromatic carbocycles. The number of hydrogen-bond donors (Lipinski definition) is 1. The van der Waals surface area contributed by atoms with E-state index in [0.717, 1.165) is 9.35 Å². The molecule has 102 valence electrons. The molecule has 0 unspecified atom stereocenters. The van der Waals surface area contributed by atoms with Gasteiger partial charge in [-0.25, -0.2) is 13.1 Å². The summed E-state index contributed by atoms with van der Waals surface area (Å²) < 4.78 is 27.6. The highest BCUT2D eigenvalue weighted by molar-refractivity contribution is 9.10. The smallest absolute Gasteiger partial charge is 0.207 e. The monoisotopic (exact) mass is 399 g/mol. The highest BCUT2D eigenvalue weighted by atomic mass is 79.9. The molecule has 0 saturated heterocycles. The van der Waals surface area contributed by atoms with Crippen molar-refractivity contribution < 1.29 is 8.42 Å². The molecule has 0 aliphatic carbocycles. The predicted molar refractivity (Wildman–Crippen MR) is 82.5 cm³/mol. The lowest BCUT2D eigenvalue weighted by molar-refractivity contribution is 0.581. The van der Waals surface area contributed by atoms with Crippen molar-refractivity contribution in [2.24, 2.45) is 0 Å². The molecule has 19 heavy (non-hydrogen) atoms. The van der Waals surface area contributed by atoms with Gasteiger partial charge < -0.3 is 0 Å². The Morgan fingerprint density at radius 2 is 1.84 bits per heavy atom. The Morgan fingerprint density at radius 1 is 1.21 bits per heavy atom. The molecular weight excluding hydrogens is 393 g/mol. The van der Waals surface area contributed by atoms with E-state index in [1.807, 2.05) is 11.4 Å². The van der Waals surface area contributed by atoms with E-state index in [-0.39, 0.29) is 21.5 Å². The van der Waals surface area contributed by atoms with Crippen LogP contribution in [-0.2, 0) is 16.6 Å². The molecule has 0 radical (unpaired) electrons. The van der Waals surface area contributed by atoms with E-state index in [4.69, 9.17) is 23.2 Å². The number of rotatable bonds is 4. The first-order valence-corrected chi connectivity index (χ1v) is 8.97. The second-order valence-corrected chi connectivity index (χ2v) is 8.12. The zero-order valence-corrected chi connectivity index (χ0v) is 14.1. The van der Waals surface area contributed by atoms with Crippen LogP contribution in [0.2, 0.25) is 10.0 Å². The van der Waals surface area contributed by atoms with Gasteiger partial charge in [0, 0.05) is 25.9 Å². The van der Waals surface area contributed by atoms with Gasteiger partial charge in [-0.1, -0.05) is 23.2 Å². The number of benzene rings is 1. The lowest BCUT2D eigenvalue weighted by Crippen LogP contribution is -2.23. The van der Waals surface area contributed by atoms with Crippen LogP contribution in [-0.4, -0.2) is 8.42 Å². The maximum atomic E-state index is 12.1. The van der Waals surface area contributed by atoms with E-state index in [2.05, 4.69) is 20.7 Å². The van der Waals surface area contributed by atoms with Crippen LogP contribution in [0.3, 0.4) is 0 Å². The summed E-state index contributed by atoms with van der Waals surface area (Å²) in [4.78, 5) is 0.953. The SMILES string of the molecule is O=S(=O)(NCc1sccc1Br)c1cc(Cl)cc(Cl)c1. The Bertz CT molecular complexity index is 680. The summed E-state index contributed by atoms with van der Waals surface area (Å²) >= 11 is 16.4. The van der Waals surface area contributed by atoms with Crippen molar-refractivity contribution in [2.45, 2.75) is 11.4 Å². The maximum Gasteiger partial charge on any atom is 0.241 e. The quantitative estimate of drug-likeness (QED) is 0.831. The molecule has 3 nitrogen and oxygen atoms in total. The van der Waals surface area contributed by atoms with E-state index in [0.29, 0.717) is 0 Å². The van der Waals surface area contributed by atoms with Crippen molar-refractivity contribution in [3.8, 4) is 0 Å². The van der Waals surface area contributed by atoms with Crippen LogP contribution in [0.4, 0.5) is 0 Å². The molecule has 0 saturated carbocycles. The molecule has 1 aromatic heterocycles. The molecule has 0 amide bonds. The largest absolute Gasteiger partial charge is 0.241 e. The van der Waals surface area contributed by atoms with Gasteiger partial charge in [0.05, 0.1) is 4.90 Å². The van der Waals surface area contributed by atoms with Crippen molar-refractivity contribution in [3.63, 3.8) is 0 Å². The Balaban J connectivity index is 2.21. The third kappa shape index (κ3) is 3.93. The van der Waals surface area contributed by atoms with Gasteiger partial charge in [0.2, 0.25) is 10.0 Å². The van der Waals surface area contributed by atoms with E-state index in [1.165, 1.54) is 29.5 Å². The standard InChI is InChI=1S/C11H8BrCl2NO2S2/c12-10-1-2-18-11(10)6-15-19(16,17)9-4-7(13)3-8(14)5-9/h1-5,15H,6H2. The third-order valence-corrected chi connectivity index (χ3v) is 6.00. The summed E-state index contributed by atoms with van der Waals surface area (Å²) in [6, 6.07) is 6.07. The highest BCUT2D eigenvalue weighted by Gasteiger charge is 2.16. The molecule has 2 aromatic rings. The van der Waals surface area contributed by atoms with Gasteiger partial charge in [0.15, 0.2) is 0 Å². The van der Waals surface area contributed by atoms with Crippen molar-refractivity contribution in [3.05, 3.63) is 49.0 Å². The first kappa shape index (κ1) is 15.3. The fourth-order valence-corrected chi connectivity index (χ4v) is 4.62. The Morgan fingerprint density at radius 3 is 2.37 bits per heavy atom. The first-order valence-electron chi connectivity index (χ1n) is 5.06. The minimum atomic E-state index is -3.63. The minimum absolute atomic E-state index is 0.0534. The maximum absolute atomic E-state index is 12.1. The van der Waals surface area contributed by atoms with Gasteiger partial charge in [-0.15, -0.1) is 11.3 Å². The average Bonchev–Trinajstić information content (AvgIpc) is 2.71. The van der Waals surface area contributed by atoms with Crippen molar-refractivity contribution >= 4 is 60.5 Å². The van der Waals surface area contributed by atoms with Gasteiger partial charge in [-0.2, -0.15) is 0 Å². The van der Waals surface area contributed by atoms with E-state index >= 15 is 0 Å². The lowest BCUT2D eigenvalue weighted by atomic mass is 10.4. The molecule has 2 rings (SSSR count).